The summed E-state index contributed by atoms with van der Waals surface area (Å²) in [6.45, 7) is 1.96. The quantitative estimate of drug-likeness (QED) is 0.592. The van der Waals surface area contributed by atoms with Gasteiger partial charge in [-0.3, -0.25) is 9.59 Å². The molecule has 1 saturated heterocycles. The first-order valence-corrected chi connectivity index (χ1v) is 10.3. The predicted molar refractivity (Wildman–Crippen MR) is 107 cm³/mol. The monoisotopic (exact) mass is 432 g/mol. The Kier molecular flexibility index (Phi) is 7.75. The summed E-state index contributed by atoms with van der Waals surface area (Å²) >= 11 is 0. The van der Waals surface area contributed by atoms with Crippen molar-refractivity contribution in [2.75, 3.05) is 19.8 Å². The largest absolute Gasteiger partial charge is 0.464 e. The normalized spacial score (nSPS) is 16.1. The molecule has 1 aliphatic heterocycles. The maximum atomic E-state index is 13.0. The molecule has 1 atom stereocenters. The summed E-state index contributed by atoms with van der Waals surface area (Å²) in [7, 11) is 0. The summed E-state index contributed by atoms with van der Waals surface area (Å²) in [5, 5.41) is 0. The molecule has 0 bridgehead atoms. The number of ether oxygens (including phenoxy) is 2. The highest BCUT2D eigenvalue weighted by molar-refractivity contribution is 5.86. The molecule has 0 spiro atoms. The molecule has 1 aliphatic rings. The highest BCUT2D eigenvalue weighted by atomic mass is 19.1. The second kappa shape index (κ2) is 10.7. The number of nitrogens with zero attached hydrogens (tertiary/aromatic N) is 2. The Morgan fingerprint density at radius 3 is 2.71 bits per heavy atom. The second-order valence-corrected chi connectivity index (χ2v) is 7.14. The molecule has 0 saturated carbocycles. The van der Waals surface area contributed by atoms with Gasteiger partial charge < -0.3 is 18.8 Å². The van der Waals surface area contributed by atoms with Gasteiger partial charge in [-0.1, -0.05) is 0 Å². The van der Waals surface area contributed by atoms with Gasteiger partial charge in [0.15, 0.2) is 18.3 Å². The van der Waals surface area contributed by atoms with Gasteiger partial charge in [-0.2, -0.15) is 0 Å². The molecule has 2 heterocycles. The van der Waals surface area contributed by atoms with E-state index in [2.05, 4.69) is 4.98 Å². The zero-order valence-electron chi connectivity index (χ0n) is 17.3. The number of esters is 2. The van der Waals surface area contributed by atoms with Crippen LogP contribution in [0.2, 0.25) is 0 Å². The smallest absolute Gasteiger partial charge is 0.328 e. The predicted octanol–water partition coefficient (Wildman–Crippen LogP) is 2.90. The van der Waals surface area contributed by atoms with Crippen molar-refractivity contribution < 1.29 is 32.7 Å². The lowest BCUT2D eigenvalue weighted by Gasteiger charge is -2.33. The van der Waals surface area contributed by atoms with Crippen LogP contribution in [0, 0.1) is 5.82 Å². The van der Waals surface area contributed by atoms with Gasteiger partial charge in [0.1, 0.15) is 11.9 Å². The minimum Gasteiger partial charge on any atom is -0.464 e. The van der Waals surface area contributed by atoms with Crippen molar-refractivity contribution in [3.05, 3.63) is 42.2 Å². The second-order valence-electron chi connectivity index (χ2n) is 7.14. The fourth-order valence-corrected chi connectivity index (χ4v) is 3.39. The lowest BCUT2D eigenvalue weighted by atomic mass is 10.0. The summed E-state index contributed by atoms with van der Waals surface area (Å²) in [6, 6.07) is 5.16. The molecule has 3 rings (SSSR count). The Balaban J connectivity index is 1.46. The molecular formula is C22H25FN2O6. The first-order chi connectivity index (χ1) is 15.0. The number of aromatic nitrogens is 1. The van der Waals surface area contributed by atoms with Crippen LogP contribution in [0.1, 0.15) is 38.5 Å². The van der Waals surface area contributed by atoms with Crippen molar-refractivity contribution in [2.24, 2.45) is 0 Å². The average molecular weight is 432 g/mol. The summed E-state index contributed by atoms with van der Waals surface area (Å²) in [6.07, 6.45) is 3.85. The Labute approximate surface area is 179 Å². The van der Waals surface area contributed by atoms with Crippen molar-refractivity contribution in [2.45, 2.75) is 45.1 Å². The van der Waals surface area contributed by atoms with Gasteiger partial charge in [-0.15, -0.1) is 0 Å². The Morgan fingerprint density at radius 1 is 1.19 bits per heavy atom. The Bertz CT molecular complexity index is 911. The van der Waals surface area contributed by atoms with Crippen LogP contribution in [0.5, 0.6) is 0 Å². The van der Waals surface area contributed by atoms with Crippen molar-refractivity contribution in [1.29, 1.82) is 0 Å². The number of halogens is 1. The van der Waals surface area contributed by atoms with Crippen molar-refractivity contribution >= 4 is 17.8 Å². The maximum absolute atomic E-state index is 13.0. The highest BCUT2D eigenvalue weighted by Gasteiger charge is 2.33. The third-order valence-electron chi connectivity index (χ3n) is 4.96. The van der Waals surface area contributed by atoms with Crippen LogP contribution in [-0.4, -0.2) is 53.5 Å². The number of rotatable bonds is 8. The molecule has 1 aromatic carbocycles. The summed E-state index contributed by atoms with van der Waals surface area (Å²) in [5.74, 6) is -0.961. The molecule has 9 heteroatoms. The van der Waals surface area contributed by atoms with Crippen molar-refractivity contribution in [3.63, 3.8) is 0 Å². The van der Waals surface area contributed by atoms with Gasteiger partial charge in [-0.05, 0) is 50.5 Å². The van der Waals surface area contributed by atoms with E-state index in [4.69, 9.17) is 13.9 Å². The molecule has 0 aliphatic carbocycles. The van der Waals surface area contributed by atoms with E-state index >= 15 is 0 Å². The number of benzene rings is 1. The SMILES string of the molecule is CCOC(=O)C1CCCCN1C(=O)COC(=O)CCc1ncc(-c2ccc(F)cc2)o1. The minimum absolute atomic E-state index is 0.0159. The highest BCUT2D eigenvalue weighted by Crippen LogP contribution is 2.21. The van der Waals surface area contributed by atoms with Gasteiger partial charge in [-0.25, -0.2) is 14.2 Å². The lowest BCUT2D eigenvalue weighted by Crippen LogP contribution is -2.50. The topological polar surface area (TPSA) is 98.9 Å². The third kappa shape index (κ3) is 6.13. The van der Waals surface area contributed by atoms with Gasteiger partial charge in [0, 0.05) is 18.5 Å². The Morgan fingerprint density at radius 2 is 1.97 bits per heavy atom. The molecular weight excluding hydrogens is 407 g/mol. The fourth-order valence-electron chi connectivity index (χ4n) is 3.39. The molecule has 31 heavy (non-hydrogen) atoms. The average Bonchev–Trinajstić information content (AvgIpc) is 3.25. The van der Waals surface area contributed by atoms with E-state index in [-0.39, 0.29) is 25.3 Å². The summed E-state index contributed by atoms with van der Waals surface area (Å²) in [5.41, 5.74) is 0.672. The first-order valence-electron chi connectivity index (χ1n) is 10.3. The molecule has 1 unspecified atom stereocenters. The van der Waals surface area contributed by atoms with Crippen LogP contribution in [0.25, 0.3) is 11.3 Å². The number of piperidine rings is 1. The molecule has 0 radical (unpaired) electrons. The van der Waals surface area contributed by atoms with E-state index in [1.54, 1.807) is 19.1 Å². The van der Waals surface area contributed by atoms with Crippen LogP contribution < -0.4 is 0 Å². The number of hydrogen-bond acceptors (Lipinski definition) is 7. The zero-order chi connectivity index (χ0) is 22.2. The molecule has 0 N–H and O–H groups in total. The van der Waals surface area contributed by atoms with Gasteiger partial charge in [0.05, 0.1) is 19.2 Å². The van der Waals surface area contributed by atoms with E-state index in [1.165, 1.54) is 23.2 Å². The number of likely N-dealkylation sites (tertiary alicyclic amines) is 1. The molecule has 8 nitrogen and oxygen atoms in total. The molecule has 1 amide bonds. The van der Waals surface area contributed by atoms with E-state index in [0.717, 1.165) is 12.8 Å². The van der Waals surface area contributed by atoms with Crippen LogP contribution >= 0.6 is 0 Å². The maximum Gasteiger partial charge on any atom is 0.328 e. The molecule has 2 aromatic rings. The van der Waals surface area contributed by atoms with E-state index in [9.17, 15) is 18.8 Å². The van der Waals surface area contributed by atoms with Crippen LogP contribution in [0.4, 0.5) is 4.39 Å². The number of carbonyl (C=O) groups is 3. The van der Waals surface area contributed by atoms with Gasteiger partial charge >= 0.3 is 11.9 Å². The number of aryl methyl sites for hydroxylation is 1. The Hall–Kier alpha value is -3.23. The molecule has 166 valence electrons. The van der Waals surface area contributed by atoms with Crippen LogP contribution in [0.15, 0.2) is 34.9 Å². The van der Waals surface area contributed by atoms with Crippen molar-refractivity contribution in [3.8, 4) is 11.3 Å². The number of amides is 1. The van der Waals surface area contributed by atoms with Gasteiger partial charge in [0.25, 0.3) is 5.91 Å². The number of oxazole rings is 1. The van der Waals surface area contributed by atoms with Crippen LogP contribution in [0.3, 0.4) is 0 Å². The molecule has 1 fully saturated rings. The van der Waals surface area contributed by atoms with Gasteiger partial charge in [0.2, 0.25) is 0 Å². The van der Waals surface area contributed by atoms with E-state index in [0.29, 0.717) is 30.2 Å². The third-order valence-corrected chi connectivity index (χ3v) is 4.96. The van der Waals surface area contributed by atoms with Crippen molar-refractivity contribution in [1.82, 2.24) is 9.88 Å². The van der Waals surface area contributed by atoms with E-state index < -0.39 is 30.5 Å². The zero-order valence-corrected chi connectivity index (χ0v) is 17.3. The summed E-state index contributed by atoms with van der Waals surface area (Å²) < 4.78 is 28.7. The number of hydrogen-bond donors (Lipinski definition) is 0. The number of carbonyl (C=O) groups excluding carboxylic acids is 3. The summed E-state index contributed by atoms with van der Waals surface area (Å²) in [4.78, 5) is 42.1. The standard InChI is InChI=1S/C22H25FN2O6/c1-2-29-22(28)17-5-3-4-12-25(17)20(26)14-30-21(27)11-10-19-24-13-18(31-19)15-6-8-16(23)9-7-15/h6-9,13,17H,2-5,10-12,14H2,1H3. The lowest BCUT2D eigenvalue weighted by molar-refractivity contribution is -0.160. The fraction of sp³-hybridized carbons (Fsp3) is 0.455. The minimum atomic E-state index is -0.628. The first kappa shape index (κ1) is 22.5. The van der Waals surface area contributed by atoms with Crippen LogP contribution in [-0.2, 0) is 30.3 Å². The van der Waals surface area contributed by atoms with E-state index in [1.807, 2.05) is 0 Å². The molecule has 1 aromatic heterocycles.